The number of carbonyl (C=O) groups excluding carboxylic acids is 2. The first kappa shape index (κ1) is 14.9. The number of esters is 1. The summed E-state index contributed by atoms with van der Waals surface area (Å²) in [6.07, 6.45) is 1.12. The molecule has 94 valence electrons. The highest BCUT2D eigenvalue weighted by Gasteiger charge is 2.14. The van der Waals surface area contributed by atoms with Crippen molar-refractivity contribution in [3.05, 3.63) is 0 Å². The third kappa shape index (κ3) is 7.19. The number of ether oxygens (including phenoxy) is 2. The number of nitrogens with two attached hydrogens (primary N) is 1. The number of unbranched alkanes of at least 4 members (excludes halogenated alkanes) is 1. The van der Waals surface area contributed by atoms with E-state index in [1.807, 2.05) is 6.92 Å². The Kier molecular flexibility index (Phi) is 8.46. The lowest BCUT2D eigenvalue weighted by Crippen LogP contribution is -2.35. The van der Waals surface area contributed by atoms with Crippen LogP contribution in [0.2, 0.25) is 0 Å². The van der Waals surface area contributed by atoms with Gasteiger partial charge in [-0.05, 0) is 13.3 Å². The van der Waals surface area contributed by atoms with Gasteiger partial charge in [0.1, 0.15) is 6.73 Å². The Hall–Kier alpha value is -1.14. The van der Waals surface area contributed by atoms with Crippen molar-refractivity contribution in [3.63, 3.8) is 0 Å². The van der Waals surface area contributed by atoms with Gasteiger partial charge in [0.15, 0.2) is 6.10 Å². The molecule has 0 heterocycles. The highest BCUT2D eigenvalue weighted by molar-refractivity contribution is 5.77. The van der Waals surface area contributed by atoms with E-state index in [1.165, 1.54) is 0 Å². The van der Waals surface area contributed by atoms with Crippen LogP contribution in [0, 0.1) is 0 Å². The van der Waals surface area contributed by atoms with Crippen LogP contribution in [0.15, 0.2) is 0 Å². The molecular formula is C10H20N2O4. The molecule has 0 saturated heterocycles. The van der Waals surface area contributed by atoms with E-state index in [2.05, 4.69) is 5.32 Å². The highest BCUT2D eigenvalue weighted by Crippen LogP contribution is 1.96. The van der Waals surface area contributed by atoms with Gasteiger partial charge in [-0.3, -0.25) is 4.79 Å². The van der Waals surface area contributed by atoms with Gasteiger partial charge >= 0.3 is 5.97 Å². The molecule has 0 aliphatic heterocycles. The van der Waals surface area contributed by atoms with Crippen LogP contribution >= 0.6 is 0 Å². The lowest BCUT2D eigenvalue weighted by molar-refractivity contribution is -0.157. The molecule has 0 aromatic heterocycles. The summed E-state index contributed by atoms with van der Waals surface area (Å²) < 4.78 is 9.97. The Morgan fingerprint density at radius 3 is 2.69 bits per heavy atom. The van der Waals surface area contributed by atoms with Gasteiger partial charge in [0.2, 0.25) is 5.91 Å². The van der Waals surface area contributed by atoms with E-state index in [0.29, 0.717) is 6.61 Å². The summed E-state index contributed by atoms with van der Waals surface area (Å²) >= 11 is 0. The molecule has 3 N–H and O–H groups in total. The number of carbonyl (C=O) groups is 2. The van der Waals surface area contributed by atoms with Crippen molar-refractivity contribution < 1.29 is 19.1 Å². The van der Waals surface area contributed by atoms with Gasteiger partial charge in [-0.25, -0.2) is 4.79 Å². The van der Waals surface area contributed by atoms with Crippen LogP contribution in [0.1, 0.15) is 26.7 Å². The summed E-state index contributed by atoms with van der Waals surface area (Å²) in [6.45, 7) is 3.84. The quantitative estimate of drug-likeness (QED) is 0.342. The molecule has 1 amide bonds. The second kappa shape index (κ2) is 9.11. The maximum absolute atomic E-state index is 11.3. The van der Waals surface area contributed by atoms with E-state index in [9.17, 15) is 9.59 Å². The standard InChI is InChI=1S/C10H20N2O4/c1-3-4-5-15-10(14)8(2)16-7-12-9(13)6-11/h8H,3-7,11H2,1-2H3,(H,12,13)/t8-/m1/s1. The van der Waals surface area contributed by atoms with Crippen LogP contribution in [0.5, 0.6) is 0 Å². The predicted molar refractivity (Wildman–Crippen MR) is 58.5 cm³/mol. The van der Waals surface area contributed by atoms with Crippen molar-refractivity contribution in [2.75, 3.05) is 19.9 Å². The molecule has 0 unspecified atom stereocenters. The molecule has 0 aromatic rings. The first-order chi connectivity index (χ1) is 7.61. The molecule has 0 fully saturated rings. The Morgan fingerprint density at radius 1 is 1.44 bits per heavy atom. The van der Waals surface area contributed by atoms with Crippen molar-refractivity contribution in [1.82, 2.24) is 5.32 Å². The number of hydrogen-bond acceptors (Lipinski definition) is 5. The predicted octanol–water partition coefficient (Wildman–Crippen LogP) is -0.233. The second-order valence-electron chi connectivity index (χ2n) is 3.28. The summed E-state index contributed by atoms with van der Waals surface area (Å²) in [7, 11) is 0. The van der Waals surface area contributed by atoms with Crippen LogP contribution in [-0.2, 0) is 19.1 Å². The van der Waals surface area contributed by atoms with E-state index in [1.54, 1.807) is 6.92 Å². The summed E-state index contributed by atoms with van der Waals surface area (Å²) in [5.41, 5.74) is 5.07. The number of amides is 1. The van der Waals surface area contributed by atoms with Crippen molar-refractivity contribution in [3.8, 4) is 0 Å². The monoisotopic (exact) mass is 232 g/mol. The first-order valence-electron chi connectivity index (χ1n) is 5.36. The van der Waals surface area contributed by atoms with Crippen molar-refractivity contribution in [2.45, 2.75) is 32.8 Å². The fraction of sp³-hybridized carbons (Fsp3) is 0.800. The lowest BCUT2D eigenvalue weighted by Gasteiger charge is -2.12. The zero-order valence-electron chi connectivity index (χ0n) is 9.82. The smallest absolute Gasteiger partial charge is 0.335 e. The van der Waals surface area contributed by atoms with Gasteiger partial charge in [0, 0.05) is 0 Å². The topological polar surface area (TPSA) is 90.6 Å². The molecule has 0 radical (unpaired) electrons. The Bertz CT molecular complexity index is 221. The minimum atomic E-state index is -0.685. The zero-order valence-corrected chi connectivity index (χ0v) is 9.82. The summed E-state index contributed by atoms with van der Waals surface area (Å²) in [6, 6.07) is 0. The van der Waals surface area contributed by atoms with Gasteiger partial charge < -0.3 is 20.5 Å². The summed E-state index contributed by atoms with van der Waals surface area (Å²) in [5.74, 6) is -0.748. The summed E-state index contributed by atoms with van der Waals surface area (Å²) in [5, 5.41) is 2.39. The average Bonchev–Trinajstić information content (AvgIpc) is 2.28. The number of hydrogen-bond donors (Lipinski definition) is 2. The van der Waals surface area contributed by atoms with E-state index in [0.717, 1.165) is 12.8 Å². The van der Waals surface area contributed by atoms with E-state index in [-0.39, 0.29) is 19.2 Å². The number of nitrogens with one attached hydrogen (secondary N) is 1. The molecule has 6 heteroatoms. The molecule has 0 rings (SSSR count). The largest absolute Gasteiger partial charge is 0.464 e. The van der Waals surface area contributed by atoms with Crippen LogP contribution in [0.3, 0.4) is 0 Å². The normalized spacial score (nSPS) is 11.9. The Morgan fingerprint density at radius 2 is 2.12 bits per heavy atom. The number of rotatable bonds is 8. The molecule has 0 aliphatic rings. The molecule has 1 atom stereocenters. The van der Waals surface area contributed by atoms with Gasteiger partial charge in [-0.1, -0.05) is 13.3 Å². The third-order valence-corrected chi connectivity index (χ3v) is 1.86. The molecule has 0 aliphatic carbocycles. The van der Waals surface area contributed by atoms with Gasteiger partial charge in [0.25, 0.3) is 0 Å². The van der Waals surface area contributed by atoms with Crippen molar-refractivity contribution >= 4 is 11.9 Å². The minimum Gasteiger partial charge on any atom is -0.464 e. The molecule has 0 bridgehead atoms. The third-order valence-electron chi connectivity index (χ3n) is 1.86. The SMILES string of the molecule is CCCCOC(=O)[C@@H](C)OCNC(=O)CN. The van der Waals surface area contributed by atoms with E-state index < -0.39 is 12.1 Å². The molecular weight excluding hydrogens is 212 g/mol. The van der Waals surface area contributed by atoms with Gasteiger partial charge in [-0.15, -0.1) is 0 Å². The maximum atomic E-state index is 11.3. The van der Waals surface area contributed by atoms with Gasteiger partial charge in [-0.2, -0.15) is 0 Å². The van der Waals surface area contributed by atoms with Crippen LogP contribution in [0.25, 0.3) is 0 Å². The molecule has 0 saturated carbocycles. The van der Waals surface area contributed by atoms with Gasteiger partial charge in [0.05, 0.1) is 13.2 Å². The highest BCUT2D eigenvalue weighted by atomic mass is 16.6. The molecule has 16 heavy (non-hydrogen) atoms. The van der Waals surface area contributed by atoms with Crippen LogP contribution in [-0.4, -0.2) is 37.9 Å². The minimum absolute atomic E-state index is 0.0416. The van der Waals surface area contributed by atoms with Crippen LogP contribution < -0.4 is 11.1 Å². The van der Waals surface area contributed by atoms with Crippen LogP contribution in [0.4, 0.5) is 0 Å². The maximum Gasteiger partial charge on any atom is 0.335 e. The fourth-order valence-electron chi connectivity index (χ4n) is 0.822. The molecule has 6 nitrogen and oxygen atoms in total. The zero-order chi connectivity index (χ0) is 12.4. The Labute approximate surface area is 95.5 Å². The average molecular weight is 232 g/mol. The second-order valence-corrected chi connectivity index (χ2v) is 3.28. The fourth-order valence-corrected chi connectivity index (χ4v) is 0.822. The van der Waals surface area contributed by atoms with Crippen molar-refractivity contribution in [2.24, 2.45) is 5.73 Å². The molecule has 0 spiro atoms. The first-order valence-corrected chi connectivity index (χ1v) is 5.36. The van der Waals surface area contributed by atoms with Crippen molar-refractivity contribution in [1.29, 1.82) is 0 Å². The summed E-state index contributed by atoms with van der Waals surface area (Å²) in [4.78, 5) is 22.0. The lowest BCUT2D eigenvalue weighted by atomic mass is 10.3. The van der Waals surface area contributed by atoms with E-state index >= 15 is 0 Å². The Balaban J connectivity index is 3.58. The van der Waals surface area contributed by atoms with E-state index in [4.69, 9.17) is 15.2 Å². The molecule has 0 aromatic carbocycles.